The molecule has 1 fully saturated rings. The van der Waals surface area contributed by atoms with Crippen molar-refractivity contribution in [2.45, 2.75) is 32.0 Å². The number of hydrogen-bond donors (Lipinski definition) is 1. The first-order valence-corrected chi connectivity index (χ1v) is 7.02. The molecule has 112 valence electrons. The van der Waals surface area contributed by atoms with Crippen LogP contribution in [0.2, 0.25) is 0 Å². The van der Waals surface area contributed by atoms with Gasteiger partial charge in [-0.15, -0.1) is 0 Å². The Hall–Kier alpha value is -1.95. The molecular formula is C15H17F2N3O. The largest absolute Gasteiger partial charge is 0.378 e. The van der Waals surface area contributed by atoms with Crippen LogP contribution in [0, 0.1) is 11.6 Å². The molecule has 0 amide bonds. The fraction of sp³-hybridized carbons (Fsp3) is 0.400. The Balaban J connectivity index is 1.56. The molecule has 1 saturated heterocycles. The number of nitrogens with one attached hydrogen (secondary N) is 1. The van der Waals surface area contributed by atoms with Gasteiger partial charge in [-0.3, -0.25) is 4.68 Å². The average Bonchev–Trinajstić information content (AvgIpc) is 3.08. The zero-order valence-corrected chi connectivity index (χ0v) is 11.6. The van der Waals surface area contributed by atoms with E-state index >= 15 is 0 Å². The van der Waals surface area contributed by atoms with Crippen molar-refractivity contribution in [3.05, 3.63) is 47.8 Å². The normalized spacial score (nSPS) is 18.1. The number of nitrogens with zero attached hydrogens (tertiary/aromatic N) is 2. The quantitative estimate of drug-likeness (QED) is 0.921. The summed E-state index contributed by atoms with van der Waals surface area (Å²) < 4.78 is 33.6. The molecule has 0 aliphatic carbocycles. The van der Waals surface area contributed by atoms with Crippen molar-refractivity contribution in [3.8, 4) is 0 Å². The molecule has 4 nitrogen and oxygen atoms in total. The van der Waals surface area contributed by atoms with Gasteiger partial charge in [0, 0.05) is 25.4 Å². The van der Waals surface area contributed by atoms with Crippen molar-refractivity contribution in [3.63, 3.8) is 0 Å². The highest BCUT2D eigenvalue weighted by molar-refractivity contribution is 5.39. The topological polar surface area (TPSA) is 39.1 Å². The predicted molar refractivity (Wildman–Crippen MR) is 74.9 cm³/mol. The molecule has 21 heavy (non-hydrogen) atoms. The van der Waals surface area contributed by atoms with Crippen LogP contribution in [0.5, 0.6) is 0 Å². The van der Waals surface area contributed by atoms with E-state index in [2.05, 4.69) is 10.4 Å². The molecule has 1 atom stereocenters. The van der Waals surface area contributed by atoms with Crippen molar-refractivity contribution in [1.82, 2.24) is 9.78 Å². The van der Waals surface area contributed by atoms with E-state index in [9.17, 15) is 8.78 Å². The van der Waals surface area contributed by atoms with Gasteiger partial charge in [0.15, 0.2) is 0 Å². The van der Waals surface area contributed by atoms with Gasteiger partial charge in [0.2, 0.25) is 0 Å². The van der Waals surface area contributed by atoms with Gasteiger partial charge in [0.25, 0.3) is 0 Å². The average molecular weight is 293 g/mol. The molecule has 1 N–H and O–H groups in total. The third kappa shape index (κ3) is 3.78. The predicted octanol–water partition coefficient (Wildman–Crippen LogP) is 2.95. The highest BCUT2D eigenvalue weighted by Gasteiger charge is 2.16. The number of halogens is 2. The molecular weight excluding hydrogens is 276 g/mol. The Bertz CT molecular complexity index is 588. The van der Waals surface area contributed by atoms with Crippen LogP contribution in [0.25, 0.3) is 0 Å². The SMILES string of the molecule is Fc1cc(F)cc(CNc2cnn(CC3CCCO3)c2)c1. The minimum absolute atomic E-state index is 0.232. The Morgan fingerprint density at radius 1 is 1.29 bits per heavy atom. The number of rotatable bonds is 5. The molecule has 0 bridgehead atoms. The maximum absolute atomic E-state index is 13.1. The molecule has 3 rings (SSSR count). The molecule has 1 aliphatic rings. The van der Waals surface area contributed by atoms with Gasteiger partial charge in [-0.2, -0.15) is 5.10 Å². The lowest BCUT2D eigenvalue weighted by Gasteiger charge is -2.08. The summed E-state index contributed by atoms with van der Waals surface area (Å²) >= 11 is 0. The van der Waals surface area contributed by atoms with Gasteiger partial charge in [-0.1, -0.05) is 0 Å². The van der Waals surface area contributed by atoms with Gasteiger partial charge in [-0.05, 0) is 30.5 Å². The number of hydrogen-bond acceptors (Lipinski definition) is 3. The number of benzene rings is 1. The van der Waals surface area contributed by atoms with E-state index in [0.29, 0.717) is 12.1 Å². The number of aromatic nitrogens is 2. The van der Waals surface area contributed by atoms with Gasteiger partial charge in [0.1, 0.15) is 11.6 Å². The number of anilines is 1. The lowest BCUT2D eigenvalue weighted by atomic mass is 10.2. The summed E-state index contributed by atoms with van der Waals surface area (Å²) in [4.78, 5) is 0. The first-order valence-electron chi connectivity index (χ1n) is 7.02. The third-order valence-electron chi connectivity index (χ3n) is 3.47. The molecule has 2 aromatic rings. The van der Waals surface area contributed by atoms with Crippen LogP contribution < -0.4 is 5.32 Å². The number of ether oxygens (including phenoxy) is 1. The smallest absolute Gasteiger partial charge is 0.126 e. The zero-order chi connectivity index (χ0) is 14.7. The van der Waals surface area contributed by atoms with E-state index < -0.39 is 11.6 Å². The molecule has 0 radical (unpaired) electrons. The van der Waals surface area contributed by atoms with E-state index in [-0.39, 0.29) is 6.10 Å². The molecule has 1 aliphatic heterocycles. The van der Waals surface area contributed by atoms with Crippen LogP contribution >= 0.6 is 0 Å². The Morgan fingerprint density at radius 2 is 2.10 bits per heavy atom. The van der Waals surface area contributed by atoms with Crippen molar-refractivity contribution in [2.75, 3.05) is 11.9 Å². The second-order valence-electron chi connectivity index (χ2n) is 5.22. The lowest BCUT2D eigenvalue weighted by Crippen LogP contribution is -2.15. The third-order valence-corrected chi connectivity index (χ3v) is 3.47. The van der Waals surface area contributed by atoms with Crippen LogP contribution in [0.4, 0.5) is 14.5 Å². The molecule has 6 heteroatoms. The van der Waals surface area contributed by atoms with Crippen molar-refractivity contribution in [1.29, 1.82) is 0 Å². The van der Waals surface area contributed by atoms with E-state index in [1.54, 1.807) is 6.20 Å². The van der Waals surface area contributed by atoms with Crippen LogP contribution in [0.3, 0.4) is 0 Å². The molecule has 0 spiro atoms. The summed E-state index contributed by atoms with van der Waals surface area (Å²) in [5.74, 6) is -1.14. The maximum atomic E-state index is 13.1. The van der Waals surface area contributed by atoms with Crippen LogP contribution in [0.15, 0.2) is 30.6 Å². The highest BCUT2D eigenvalue weighted by Crippen LogP contribution is 2.15. The van der Waals surface area contributed by atoms with E-state index in [4.69, 9.17) is 4.74 Å². The van der Waals surface area contributed by atoms with E-state index in [1.165, 1.54) is 12.1 Å². The van der Waals surface area contributed by atoms with Crippen molar-refractivity contribution in [2.24, 2.45) is 0 Å². The molecule has 1 unspecified atom stereocenters. The monoisotopic (exact) mass is 293 g/mol. The van der Waals surface area contributed by atoms with Gasteiger partial charge < -0.3 is 10.1 Å². The Kier molecular flexibility index (Phi) is 4.15. The van der Waals surface area contributed by atoms with Crippen molar-refractivity contribution < 1.29 is 13.5 Å². The van der Waals surface area contributed by atoms with Crippen LogP contribution in [-0.2, 0) is 17.8 Å². The van der Waals surface area contributed by atoms with E-state index in [0.717, 1.165) is 37.7 Å². The standard InChI is InChI=1S/C15H17F2N3O/c16-12-4-11(5-13(17)6-12)7-18-14-8-19-20(9-14)10-15-2-1-3-21-15/h4-6,8-9,15,18H,1-3,7,10H2. The van der Waals surface area contributed by atoms with Crippen LogP contribution in [0.1, 0.15) is 18.4 Å². The second kappa shape index (κ2) is 6.22. The summed E-state index contributed by atoms with van der Waals surface area (Å²) in [6, 6.07) is 3.49. The highest BCUT2D eigenvalue weighted by atomic mass is 19.1. The minimum atomic E-state index is -0.569. The Labute approximate surface area is 121 Å². The van der Waals surface area contributed by atoms with Gasteiger partial charge >= 0.3 is 0 Å². The summed E-state index contributed by atoms with van der Waals surface area (Å²) in [6.07, 6.45) is 5.96. The van der Waals surface area contributed by atoms with Gasteiger partial charge in [0.05, 0.1) is 24.5 Å². The fourth-order valence-electron chi connectivity index (χ4n) is 2.47. The zero-order valence-electron chi connectivity index (χ0n) is 11.6. The molecule has 1 aromatic carbocycles. The van der Waals surface area contributed by atoms with Gasteiger partial charge in [-0.25, -0.2) is 8.78 Å². The molecule has 2 heterocycles. The maximum Gasteiger partial charge on any atom is 0.126 e. The first kappa shape index (κ1) is 14.0. The van der Waals surface area contributed by atoms with Crippen molar-refractivity contribution >= 4 is 5.69 Å². The molecule has 0 saturated carbocycles. The first-order chi connectivity index (χ1) is 10.2. The Morgan fingerprint density at radius 3 is 2.81 bits per heavy atom. The van der Waals surface area contributed by atoms with Crippen LogP contribution in [-0.4, -0.2) is 22.5 Å². The summed E-state index contributed by atoms with van der Waals surface area (Å²) in [5, 5.41) is 7.36. The summed E-state index contributed by atoms with van der Waals surface area (Å²) in [5.41, 5.74) is 1.37. The fourth-order valence-corrected chi connectivity index (χ4v) is 2.47. The van der Waals surface area contributed by atoms with E-state index in [1.807, 2.05) is 10.9 Å². The molecule has 1 aromatic heterocycles. The summed E-state index contributed by atoms with van der Waals surface area (Å²) in [6.45, 7) is 1.90. The minimum Gasteiger partial charge on any atom is -0.378 e. The lowest BCUT2D eigenvalue weighted by molar-refractivity contribution is 0.0940. The summed E-state index contributed by atoms with van der Waals surface area (Å²) in [7, 11) is 0. The second-order valence-corrected chi connectivity index (χ2v) is 5.22.